The minimum absolute atomic E-state index is 0.425. The summed E-state index contributed by atoms with van der Waals surface area (Å²) < 4.78 is 2.02. The van der Waals surface area contributed by atoms with Gasteiger partial charge in [-0.2, -0.15) is 5.10 Å². The average molecular weight is 222 g/mol. The molecule has 16 heavy (non-hydrogen) atoms. The summed E-state index contributed by atoms with van der Waals surface area (Å²) in [5.41, 5.74) is 0.425. The van der Waals surface area contributed by atoms with Crippen LogP contribution in [0, 0.1) is 5.41 Å². The molecule has 0 aromatic carbocycles. The van der Waals surface area contributed by atoms with Crippen molar-refractivity contribution >= 4 is 0 Å². The fraction of sp³-hybridized carbons (Fsp3) is 0.833. The molecule has 1 fully saturated rings. The molecule has 90 valence electrons. The first-order valence-corrected chi connectivity index (χ1v) is 6.31. The molecule has 0 saturated heterocycles. The highest BCUT2D eigenvalue weighted by molar-refractivity contribution is 4.97. The Morgan fingerprint density at radius 2 is 2.19 bits per heavy atom. The predicted octanol–water partition coefficient (Wildman–Crippen LogP) is 1.62. The van der Waals surface area contributed by atoms with Gasteiger partial charge in [0.1, 0.15) is 12.2 Å². The molecule has 0 atom stereocenters. The highest BCUT2D eigenvalue weighted by atomic mass is 15.3. The number of nitrogens with one attached hydrogen (secondary N) is 1. The first kappa shape index (κ1) is 11.6. The zero-order valence-electron chi connectivity index (χ0n) is 10.4. The van der Waals surface area contributed by atoms with Gasteiger partial charge in [-0.05, 0) is 32.2 Å². The van der Waals surface area contributed by atoms with Gasteiger partial charge in [-0.15, -0.1) is 0 Å². The van der Waals surface area contributed by atoms with Crippen LogP contribution in [-0.2, 0) is 13.0 Å². The van der Waals surface area contributed by atoms with E-state index in [1.165, 1.54) is 25.7 Å². The van der Waals surface area contributed by atoms with Crippen LogP contribution >= 0.6 is 0 Å². The van der Waals surface area contributed by atoms with Crippen LogP contribution in [0.3, 0.4) is 0 Å². The van der Waals surface area contributed by atoms with Crippen molar-refractivity contribution in [2.24, 2.45) is 5.41 Å². The summed E-state index contributed by atoms with van der Waals surface area (Å²) in [6, 6.07) is 0. The Labute approximate surface area is 97.5 Å². The Kier molecular flexibility index (Phi) is 3.59. The van der Waals surface area contributed by atoms with E-state index < -0.39 is 0 Å². The van der Waals surface area contributed by atoms with Crippen molar-refractivity contribution in [3.8, 4) is 0 Å². The maximum absolute atomic E-state index is 4.40. The molecule has 4 nitrogen and oxygen atoms in total. The maximum Gasteiger partial charge on any atom is 0.138 e. The molecule has 0 bridgehead atoms. The van der Waals surface area contributed by atoms with Crippen molar-refractivity contribution < 1.29 is 0 Å². The minimum Gasteiger partial charge on any atom is -0.319 e. The summed E-state index contributed by atoms with van der Waals surface area (Å²) in [7, 11) is 2.05. The van der Waals surface area contributed by atoms with E-state index in [1.807, 2.05) is 11.7 Å². The molecule has 1 aliphatic rings. The highest BCUT2D eigenvalue weighted by Gasteiger charge is 2.34. The van der Waals surface area contributed by atoms with Gasteiger partial charge in [-0.3, -0.25) is 4.68 Å². The standard InChI is InChI=1S/C12H22N4/c1-3-16-11(14-10-15-16)8-12(9-13-2)6-4-5-7-12/h10,13H,3-9H2,1-2H3. The molecule has 0 unspecified atom stereocenters. The molecule has 1 aromatic heterocycles. The van der Waals surface area contributed by atoms with E-state index in [0.717, 1.165) is 25.3 Å². The SMILES string of the molecule is CCn1ncnc1CC1(CNC)CCCC1. The Bertz CT molecular complexity index is 326. The van der Waals surface area contributed by atoms with E-state index in [9.17, 15) is 0 Å². The molecular weight excluding hydrogens is 200 g/mol. The molecule has 1 N–H and O–H groups in total. The van der Waals surface area contributed by atoms with Crippen molar-refractivity contribution in [2.75, 3.05) is 13.6 Å². The van der Waals surface area contributed by atoms with E-state index >= 15 is 0 Å². The lowest BCUT2D eigenvalue weighted by Gasteiger charge is -2.28. The van der Waals surface area contributed by atoms with E-state index in [0.29, 0.717) is 5.41 Å². The minimum atomic E-state index is 0.425. The lowest BCUT2D eigenvalue weighted by Crippen LogP contribution is -2.33. The third-order valence-electron chi connectivity index (χ3n) is 3.74. The quantitative estimate of drug-likeness (QED) is 0.823. The Morgan fingerprint density at radius 3 is 2.81 bits per heavy atom. The number of aromatic nitrogens is 3. The fourth-order valence-corrected chi connectivity index (χ4v) is 2.94. The lowest BCUT2D eigenvalue weighted by molar-refractivity contribution is 0.275. The molecule has 4 heteroatoms. The third kappa shape index (κ3) is 2.26. The summed E-state index contributed by atoms with van der Waals surface area (Å²) in [6.07, 6.45) is 8.13. The summed E-state index contributed by atoms with van der Waals surface area (Å²) in [4.78, 5) is 4.40. The topological polar surface area (TPSA) is 42.7 Å². The monoisotopic (exact) mass is 222 g/mol. The number of nitrogens with zero attached hydrogens (tertiary/aromatic N) is 3. The molecule has 0 aliphatic heterocycles. The van der Waals surface area contributed by atoms with Gasteiger partial charge < -0.3 is 5.32 Å². The van der Waals surface area contributed by atoms with Crippen LogP contribution in [0.2, 0.25) is 0 Å². The van der Waals surface area contributed by atoms with Crippen LogP contribution in [0.5, 0.6) is 0 Å². The summed E-state index contributed by atoms with van der Waals surface area (Å²) >= 11 is 0. The van der Waals surface area contributed by atoms with Gasteiger partial charge in [0.05, 0.1) is 0 Å². The summed E-state index contributed by atoms with van der Waals surface area (Å²) in [6.45, 7) is 4.14. The van der Waals surface area contributed by atoms with Gasteiger partial charge in [-0.1, -0.05) is 12.8 Å². The van der Waals surface area contributed by atoms with Crippen molar-refractivity contribution in [2.45, 2.75) is 45.6 Å². The Hall–Kier alpha value is -0.900. The zero-order chi connectivity index (χ0) is 11.4. The van der Waals surface area contributed by atoms with Gasteiger partial charge in [-0.25, -0.2) is 4.98 Å². The van der Waals surface area contributed by atoms with Crippen LogP contribution in [0.4, 0.5) is 0 Å². The van der Waals surface area contributed by atoms with Crippen LogP contribution in [0.25, 0.3) is 0 Å². The van der Waals surface area contributed by atoms with Crippen molar-refractivity contribution in [3.05, 3.63) is 12.2 Å². The predicted molar refractivity (Wildman–Crippen MR) is 64.2 cm³/mol. The van der Waals surface area contributed by atoms with Gasteiger partial charge in [0.15, 0.2) is 0 Å². The summed E-state index contributed by atoms with van der Waals surface area (Å²) in [5.74, 6) is 1.15. The molecule has 0 spiro atoms. The first-order valence-electron chi connectivity index (χ1n) is 6.31. The second kappa shape index (κ2) is 4.95. The van der Waals surface area contributed by atoms with Gasteiger partial charge in [0.2, 0.25) is 0 Å². The second-order valence-corrected chi connectivity index (χ2v) is 4.91. The molecule has 1 aliphatic carbocycles. The van der Waals surface area contributed by atoms with Gasteiger partial charge >= 0.3 is 0 Å². The molecule has 1 heterocycles. The zero-order valence-corrected chi connectivity index (χ0v) is 10.4. The molecular formula is C12H22N4. The molecule has 2 rings (SSSR count). The van der Waals surface area contributed by atoms with Crippen molar-refractivity contribution in [3.63, 3.8) is 0 Å². The van der Waals surface area contributed by atoms with E-state index in [4.69, 9.17) is 0 Å². The number of rotatable bonds is 5. The van der Waals surface area contributed by atoms with Gasteiger partial charge in [0, 0.05) is 19.5 Å². The summed E-state index contributed by atoms with van der Waals surface area (Å²) in [5, 5.41) is 7.60. The third-order valence-corrected chi connectivity index (χ3v) is 3.74. The second-order valence-electron chi connectivity index (χ2n) is 4.91. The highest BCUT2D eigenvalue weighted by Crippen LogP contribution is 2.39. The largest absolute Gasteiger partial charge is 0.319 e. The number of hydrogen-bond acceptors (Lipinski definition) is 3. The molecule has 1 saturated carbocycles. The number of hydrogen-bond donors (Lipinski definition) is 1. The lowest BCUT2D eigenvalue weighted by atomic mass is 9.82. The van der Waals surface area contributed by atoms with E-state index in [2.05, 4.69) is 22.3 Å². The van der Waals surface area contributed by atoms with Crippen LogP contribution in [0.15, 0.2) is 6.33 Å². The smallest absolute Gasteiger partial charge is 0.138 e. The van der Waals surface area contributed by atoms with Crippen LogP contribution < -0.4 is 5.32 Å². The van der Waals surface area contributed by atoms with E-state index in [1.54, 1.807) is 6.33 Å². The molecule has 0 radical (unpaired) electrons. The molecule has 0 amide bonds. The number of aryl methyl sites for hydroxylation is 1. The van der Waals surface area contributed by atoms with Crippen molar-refractivity contribution in [1.29, 1.82) is 0 Å². The average Bonchev–Trinajstić information content (AvgIpc) is 2.89. The van der Waals surface area contributed by atoms with E-state index in [-0.39, 0.29) is 0 Å². The molecule has 1 aromatic rings. The Balaban J connectivity index is 2.11. The van der Waals surface area contributed by atoms with Crippen molar-refractivity contribution in [1.82, 2.24) is 20.1 Å². The Morgan fingerprint density at radius 1 is 1.44 bits per heavy atom. The van der Waals surface area contributed by atoms with Crippen LogP contribution in [-0.4, -0.2) is 28.4 Å². The first-order chi connectivity index (χ1) is 7.79. The maximum atomic E-state index is 4.40. The fourth-order valence-electron chi connectivity index (χ4n) is 2.94. The van der Waals surface area contributed by atoms with Crippen LogP contribution in [0.1, 0.15) is 38.4 Å². The normalized spacial score (nSPS) is 19.1. The van der Waals surface area contributed by atoms with Gasteiger partial charge in [0.25, 0.3) is 0 Å².